The third-order valence-electron chi connectivity index (χ3n) is 4.71. The molecule has 8 heteroatoms. The fourth-order valence-electron chi connectivity index (χ4n) is 3.09. The Morgan fingerprint density at radius 2 is 1.87 bits per heavy atom. The molecule has 1 N–H and O–H groups in total. The molecule has 0 aliphatic rings. The van der Waals surface area contributed by atoms with Crippen molar-refractivity contribution in [3.05, 3.63) is 75.4 Å². The van der Waals surface area contributed by atoms with Gasteiger partial charge in [0, 0.05) is 24.2 Å². The third-order valence-corrected chi connectivity index (χ3v) is 5.03. The summed E-state index contributed by atoms with van der Waals surface area (Å²) in [4.78, 5) is 23.3. The van der Waals surface area contributed by atoms with Crippen LogP contribution in [0.5, 0.6) is 0 Å². The number of nitro benzene ring substituents is 1. The number of carbonyl (C=O) groups excluding carboxylic acids is 1. The van der Waals surface area contributed by atoms with E-state index in [9.17, 15) is 14.9 Å². The van der Waals surface area contributed by atoms with Gasteiger partial charge in [-0.05, 0) is 36.8 Å². The molecule has 3 aromatic rings. The van der Waals surface area contributed by atoms with Crippen LogP contribution in [0, 0.1) is 10.1 Å². The lowest BCUT2D eigenvalue weighted by Crippen LogP contribution is -2.26. The standard InChI is InChI=1S/C22H23ClN4O3/c1-2-3-4-7-14-24-22(28)21-15-19(16-10-12-17(13-11-16)27(29)30)25-26(21)20-9-6-5-8-18(20)23/h5-6,8-13,15H,2-4,7,14H2,1H3,(H,24,28). The zero-order valence-corrected chi connectivity index (χ0v) is 17.4. The summed E-state index contributed by atoms with van der Waals surface area (Å²) in [7, 11) is 0. The van der Waals surface area contributed by atoms with Gasteiger partial charge in [0.05, 0.1) is 21.3 Å². The van der Waals surface area contributed by atoms with Gasteiger partial charge in [0.2, 0.25) is 0 Å². The molecule has 30 heavy (non-hydrogen) atoms. The Labute approximate surface area is 179 Å². The average Bonchev–Trinajstić information content (AvgIpc) is 3.19. The van der Waals surface area contributed by atoms with E-state index in [1.165, 1.54) is 16.8 Å². The molecule has 1 aromatic heterocycles. The number of benzene rings is 2. The van der Waals surface area contributed by atoms with Crippen LogP contribution in [0.3, 0.4) is 0 Å². The number of aromatic nitrogens is 2. The first-order valence-electron chi connectivity index (χ1n) is 9.89. The second-order valence-corrected chi connectivity index (χ2v) is 7.31. The van der Waals surface area contributed by atoms with Gasteiger partial charge in [-0.2, -0.15) is 5.10 Å². The number of hydrogen-bond acceptors (Lipinski definition) is 4. The van der Waals surface area contributed by atoms with Gasteiger partial charge in [0.15, 0.2) is 0 Å². The van der Waals surface area contributed by atoms with Crippen LogP contribution in [0.4, 0.5) is 5.69 Å². The SMILES string of the molecule is CCCCCCNC(=O)c1cc(-c2ccc([N+](=O)[O-])cc2)nn1-c1ccccc1Cl. The maximum atomic E-state index is 12.9. The van der Waals surface area contributed by atoms with Gasteiger partial charge < -0.3 is 5.32 Å². The van der Waals surface area contributed by atoms with E-state index in [-0.39, 0.29) is 11.6 Å². The number of non-ortho nitro benzene ring substituents is 1. The van der Waals surface area contributed by atoms with E-state index in [4.69, 9.17) is 11.6 Å². The molecule has 2 aromatic carbocycles. The van der Waals surface area contributed by atoms with Gasteiger partial charge in [0.1, 0.15) is 5.69 Å². The fourth-order valence-corrected chi connectivity index (χ4v) is 3.30. The fraction of sp³-hybridized carbons (Fsp3) is 0.273. The Balaban J connectivity index is 1.92. The predicted octanol–water partition coefficient (Wildman–Crippen LogP) is 5.41. The van der Waals surface area contributed by atoms with Gasteiger partial charge in [-0.25, -0.2) is 4.68 Å². The second kappa shape index (κ2) is 10.0. The number of carbonyl (C=O) groups is 1. The Hall–Kier alpha value is -3.19. The summed E-state index contributed by atoms with van der Waals surface area (Å²) >= 11 is 6.34. The number of nitrogens with zero attached hydrogens (tertiary/aromatic N) is 3. The molecule has 3 rings (SSSR count). The first-order valence-corrected chi connectivity index (χ1v) is 10.3. The molecule has 0 radical (unpaired) electrons. The Bertz CT molecular complexity index is 1030. The van der Waals surface area contributed by atoms with Gasteiger partial charge in [-0.15, -0.1) is 0 Å². The highest BCUT2D eigenvalue weighted by molar-refractivity contribution is 6.32. The molecule has 1 heterocycles. The van der Waals surface area contributed by atoms with Crippen LogP contribution < -0.4 is 5.32 Å². The highest BCUT2D eigenvalue weighted by Gasteiger charge is 2.19. The second-order valence-electron chi connectivity index (χ2n) is 6.90. The largest absolute Gasteiger partial charge is 0.351 e. The zero-order chi connectivity index (χ0) is 21.5. The molecule has 0 fully saturated rings. The molecule has 0 unspecified atom stereocenters. The number of rotatable bonds is 9. The van der Waals surface area contributed by atoms with Crippen molar-refractivity contribution in [3.8, 4) is 16.9 Å². The first-order chi connectivity index (χ1) is 14.5. The van der Waals surface area contributed by atoms with Gasteiger partial charge >= 0.3 is 0 Å². The molecule has 0 aliphatic carbocycles. The van der Waals surface area contributed by atoms with Crippen molar-refractivity contribution in [2.75, 3.05) is 6.54 Å². The summed E-state index contributed by atoms with van der Waals surface area (Å²) < 4.78 is 1.51. The molecule has 0 atom stereocenters. The van der Waals surface area contributed by atoms with E-state index >= 15 is 0 Å². The highest BCUT2D eigenvalue weighted by Crippen LogP contribution is 2.26. The minimum atomic E-state index is -0.455. The summed E-state index contributed by atoms with van der Waals surface area (Å²) in [6.45, 7) is 2.72. The van der Waals surface area contributed by atoms with Crippen LogP contribution in [0.2, 0.25) is 5.02 Å². The van der Waals surface area contributed by atoms with E-state index in [1.807, 2.05) is 6.07 Å². The lowest BCUT2D eigenvalue weighted by atomic mass is 10.1. The van der Waals surface area contributed by atoms with Crippen LogP contribution in [-0.4, -0.2) is 27.2 Å². The summed E-state index contributed by atoms with van der Waals surface area (Å²) in [5, 5.41) is 18.9. The summed E-state index contributed by atoms with van der Waals surface area (Å²) in [5.74, 6) is -0.243. The molecule has 7 nitrogen and oxygen atoms in total. The number of nitro groups is 1. The maximum absolute atomic E-state index is 12.9. The summed E-state index contributed by atoms with van der Waals surface area (Å²) in [6.07, 6.45) is 4.24. The lowest BCUT2D eigenvalue weighted by molar-refractivity contribution is -0.384. The van der Waals surface area contributed by atoms with E-state index in [2.05, 4.69) is 17.3 Å². The molecule has 0 saturated heterocycles. The number of halogens is 1. The maximum Gasteiger partial charge on any atom is 0.270 e. The topological polar surface area (TPSA) is 90.1 Å². The van der Waals surface area contributed by atoms with Crippen LogP contribution in [0.15, 0.2) is 54.6 Å². The molecule has 0 spiro atoms. The van der Waals surface area contributed by atoms with Gasteiger partial charge in [0.25, 0.3) is 11.6 Å². The lowest BCUT2D eigenvalue weighted by Gasteiger charge is -2.09. The quantitative estimate of drug-likeness (QED) is 0.281. The first kappa shape index (κ1) is 21.5. The molecular formula is C22H23ClN4O3. The van der Waals surface area contributed by atoms with E-state index in [0.717, 1.165) is 25.7 Å². The molecule has 0 saturated carbocycles. The van der Waals surface area contributed by atoms with E-state index in [1.54, 1.807) is 36.4 Å². The van der Waals surface area contributed by atoms with Crippen molar-refractivity contribution < 1.29 is 9.72 Å². The minimum Gasteiger partial charge on any atom is -0.351 e. The van der Waals surface area contributed by atoms with Crippen molar-refractivity contribution in [2.45, 2.75) is 32.6 Å². The molecule has 1 amide bonds. The summed E-state index contributed by atoms with van der Waals surface area (Å²) in [5.41, 5.74) is 2.13. The summed E-state index contributed by atoms with van der Waals surface area (Å²) in [6, 6.07) is 14.9. The Kier molecular flexibility index (Phi) is 7.19. The van der Waals surface area contributed by atoms with Crippen molar-refractivity contribution in [1.29, 1.82) is 0 Å². The number of amides is 1. The number of nitrogens with one attached hydrogen (secondary N) is 1. The van der Waals surface area contributed by atoms with Crippen molar-refractivity contribution in [2.24, 2.45) is 0 Å². The van der Waals surface area contributed by atoms with E-state index in [0.29, 0.717) is 34.2 Å². The molecule has 0 bridgehead atoms. The minimum absolute atomic E-state index is 0.00525. The van der Waals surface area contributed by atoms with E-state index < -0.39 is 4.92 Å². The smallest absolute Gasteiger partial charge is 0.270 e. The average molecular weight is 427 g/mol. The Morgan fingerprint density at radius 3 is 2.53 bits per heavy atom. The number of unbranched alkanes of at least 4 members (excludes halogenated alkanes) is 3. The van der Waals surface area contributed by atoms with Crippen LogP contribution >= 0.6 is 11.6 Å². The van der Waals surface area contributed by atoms with Crippen LogP contribution in [-0.2, 0) is 0 Å². The highest BCUT2D eigenvalue weighted by atomic mass is 35.5. The molecule has 156 valence electrons. The number of hydrogen-bond donors (Lipinski definition) is 1. The Morgan fingerprint density at radius 1 is 1.13 bits per heavy atom. The molecular weight excluding hydrogens is 404 g/mol. The molecule has 0 aliphatic heterocycles. The number of para-hydroxylation sites is 1. The van der Waals surface area contributed by atoms with Crippen molar-refractivity contribution in [3.63, 3.8) is 0 Å². The van der Waals surface area contributed by atoms with Crippen molar-refractivity contribution in [1.82, 2.24) is 15.1 Å². The van der Waals surface area contributed by atoms with Crippen LogP contribution in [0.25, 0.3) is 16.9 Å². The van der Waals surface area contributed by atoms with Gasteiger partial charge in [-0.3, -0.25) is 14.9 Å². The van der Waals surface area contributed by atoms with Crippen LogP contribution in [0.1, 0.15) is 43.1 Å². The third kappa shape index (κ3) is 5.04. The predicted molar refractivity (Wildman–Crippen MR) is 117 cm³/mol. The normalized spacial score (nSPS) is 10.7. The van der Waals surface area contributed by atoms with Crippen molar-refractivity contribution >= 4 is 23.2 Å². The monoisotopic (exact) mass is 426 g/mol. The van der Waals surface area contributed by atoms with Gasteiger partial charge in [-0.1, -0.05) is 49.9 Å². The zero-order valence-electron chi connectivity index (χ0n) is 16.7.